The van der Waals surface area contributed by atoms with E-state index in [0.29, 0.717) is 0 Å². The Labute approximate surface area is 290 Å². The number of nitrogens with one attached hydrogen (secondary N) is 6. The molecule has 0 heterocycles. The van der Waals surface area contributed by atoms with E-state index in [1.807, 2.05) is 0 Å². The number of hydrogen-bond acceptors (Lipinski definition) is 14. The number of carbonyl (C=O) groups is 7. The highest BCUT2D eigenvalue weighted by Gasteiger charge is 2.35. The molecule has 0 aliphatic heterocycles. The molecule has 0 unspecified atom stereocenters. The van der Waals surface area contributed by atoms with E-state index < -0.39 is 96.4 Å². The Morgan fingerprint density at radius 2 is 0.900 bits per heavy atom. The van der Waals surface area contributed by atoms with Crippen LogP contribution >= 0.6 is 0 Å². The van der Waals surface area contributed by atoms with Gasteiger partial charge in [0, 0.05) is 0 Å². The van der Waals surface area contributed by atoms with Gasteiger partial charge in [0.2, 0.25) is 35.4 Å². The summed E-state index contributed by atoms with van der Waals surface area (Å²) in [7, 11) is 0. The number of amides is 6. The summed E-state index contributed by atoms with van der Waals surface area (Å²) in [5.41, 5.74) is 28.1. The van der Waals surface area contributed by atoms with Crippen LogP contribution in [0, 0.1) is 5.92 Å². The number of hydrogen-bond donors (Lipinski definition) is 14. The predicted molar refractivity (Wildman–Crippen MR) is 180 cm³/mol. The van der Waals surface area contributed by atoms with Crippen LogP contribution in [0.1, 0.15) is 52.9 Å². The molecule has 21 nitrogen and oxygen atoms in total. The maximum Gasteiger partial charge on any atom is 0.328 e. The molecule has 0 rings (SSSR count). The number of aliphatic hydroxyl groups is 2. The molecule has 0 saturated carbocycles. The van der Waals surface area contributed by atoms with Crippen molar-refractivity contribution in [3.63, 3.8) is 0 Å². The van der Waals surface area contributed by atoms with Gasteiger partial charge >= 0.3 is 5.97 Å². The van der Waals surface area contributed by atoms with Crippen molar-refractivity contribution in [3.05, 3.63) is 0 Å². The van der Waals surface area contributed by atoms with Crippen LogP contribution in [0.5, 0.6) is 0 Å². The van der Waals surface area contributed by atoms with E-state index in [-0.39, 0.29) is 64.2 Å². The molecule has 6 amide bonds. The second-order valence-electron chi connectivity index (χ2n) is 12.1. The number of aliphatic hydroxyl groups excluding tert-OH is 2. The van der Waals surface area contributed by atoms with Gasteiger partial charge in [-0.1, -0.05) is 13.8 Å². The number of rotatable bonds is 25. The van der Waals surface area contributed by atoms with Crippen molar-refractivity contribution in [2.75, 3.05) is 32.8 Å². The first-order chi connectivity index (χ1) is 23.5. The maximum absolute atomic E-state index is 13.5. The summed E-state index contributed by atoms with van der Waals surface area (Å²) in [6, 6.07) is -9.38. The number of carbonyl (C=O) groups excluding carboxylic acids is 6. The number of carboxylic acid groups (broad SMARTS) is 1. The molecule has 0 saturated heterocycles. The molecule has 19 N–H and O–H groups in total. The number of nitrogens with two attached hydrogens (primary N) is 5. The molecule has 0 aromatic carbocycles. The van der Waals surface area contributed by atoms with Crippen molar-refractivity contribution in [3.8, 4) is 0 Å². The van der Waals surface area contributed by atoms with E-state index in [2.05, 4.69) is 31.9 Å². The molecule has 0 aromatic heterocycles. The zero-order chi connectivity index (χ0) is 38.6. The topological polar surface area (TPSA) is 382 Å². The minimum absolute atomic E-state index is 0.0104. The summed E-state index contributed by atoms with van der Waals surface area (Å²) in [6.45, 7) is 3.76. The Kier molecular flexibility index (Phi) is 22.3. The van der Waals surface area contributed by atoms with Crippen LogP contribution in [-0.2, 0) is 33.6 Å². The van der Waals surface area contributed by atoms with Gasteiger partial charge in [0.15, 0.2) is 0 Å². The third kappa shape index (κ3) is 16.6. The zero-order valence-electron chi connectivity index (χ0n) is 28.9. The van der Waals surface area contributed by atoms with Crippen LogP contribution in [0.15, 0.2) is 0 Å². The molecule has 0 aromatic rings. The fourth-order valence-electron chi connectivity index (χ4n) is 4.52. The third-order valence-corrected chi connectivity index (χ3v) is 7.28. The smallest absolute Gasteiger partial charge is 0.328 e. The lowest BCUT2D eigenvalue weighted by Gasteiger charge is -2.29. The molecule has 0 radical (unpaired) electrons. The molecular weight excluding hydrogens is 662 g/mol. The summed E-state index contributed by atoms with van der Waals surface area (Å²) in [4.78, 5) is 89.5. The lowest BCUT2D eigenvalue weighted by atomic mass is 10.0. The summed E-state index contributed by atoms with van der Waals surface area (Å²) in [5, 5.41) is 43.1. The number of aliphatic carboxylic acids is 1. The largest absolute Gasteiger partial charge is 0.480 e. The average molecular weight is 720 g/mol. The second kappa shape index (κ2) is 24.2. The van der Waals surface area contributed by atoms with E-state index >= 15 is 0 Å². The highest BCUT2D eigenvalue weighted by atomic mass is 16.4. The monoisotopic (exact) mass is 719 g/mol. The Hall–Kier alpha value is -3.99. The van der Waals surface area contributed by atoms with Gasteiger partial charge in [-0.25, -0.2) is 4.79 Å². The first kappa shape index (κ1) is 46.0. The standard InChI is InChI=1S/C29H57N11O10/c1-14(2)12-20(38-25(45)17(5-9-31)35-23(43)16(34)4-8-30)27(47)40-22(15(3)42)28(48)37-19(7-11-33)24(44)36-18(6-10-32)26(46)39-21(13-41)29(49)50/h14-22,41-42H,4-13,30-34H2,1-3H3,(H,35,43)(H,36,44)(H,37,48)(H,38,45)(H,39,46)(H,40,47)(H,49,50)/t15-,16+,17+,18+,19+,20-,21+,22+/m1/s1. The van der Waals surface area contributed by atoms with E-state index in [0.717, 1.165) is 0 Å². The van der Waals surface area contributed by atoms with Gasteiger partial charge in [-0.3, -0.25) is 28.8 Å². The average Bonchev–Trinajstić information content (AvgIpc) is 3.04. The van der Waals surface area contributed by atoms with E-state index in [4.69, 9.17) is 33.8 Å². The SMILES string of the molecule is CC(C)C[C@@H](NC(=O)[C@H](CCN)NC(=O)[C@@H](N)CCN)C(=O)N[C@H](C(=O)N[C@@H](CCN)C(=O)N[C@@H](CCN)C(=O)N[C@@H](CO)C(=O)O)[C@@H](C)O. The fraction of sp³-hybridized carbons (Fsp3) is 0.759. The van der Waals surface area contributed by atoms with Crippen molar-refractivity contribution < 1.29 is 48.9 Å². The molecule has 0 aliphatic carbocycles. The van der Waals surface area contributed by atoms with Crippen LogP contribution in [0.2, 0.25) is 0 Å². The quantitative estimate of drug-likeness (QED) is 0.0417. The van der Waals surface area contributed by atoms with Gasteiger partial charge < -0.3 is 75.9 Å². The maximum atomic E-state index is 13.5. The van der Waals surface area contributed by atoms with Gasteiger partial charge in [0.05, 0.1) is 18.8 Å². The van der Waals surface area contributed by atoms with Crippen LogP contribution in [0.4, 0.5) is 0 Å². The summed E-state index contributed by atoms with van der Waals surface area (Å²) < 4.78 is 0. The van der Waals surface area contributed by atoms with Crippen molar-refractivity contribution >= 4 is 41.4 Å². The van der Waals surface area contributed by atoms with E-state index in [1.54, 1.807) is 13.8 Å². The van der Waals surface area contributed by atoms with E-state index in [9.17, 15) is 43.8 Å². The van der Waals surface area contributed by atoms with Gasteiger partial charge in [0.1, 0.15) is 36.3 Å². The first-order valence-electron chi connectivity index (χ1n) is 16.4. The summed E-state index contributed by atoms with van der Waals surface area (Å²) >= 11 is 0. The molecule has 288 valence electrons. The van der Waals surface area contributed by atoms with Gasteiger partial charge in [-0.05, 0) is 71.1 Å². The summed E-state index contributed by atoms with van der Waals surface area (Å²) in [5.74, 6) is -6.78. The second-order valence-corrected chi connectivity index (χ2v) is 12.1. The fourth-order valence-corrected chi connectivity index (χ4v) is 4.52. The van der Waals surface area contributed by atoms with Crippen LogP contribution in [0.25, 0.3) is 0 Å². The Morgan fingerprint density at radius 1 is 0.540 bits per heavy atom. The Morgan fingerprint density at radius 3 is 1.26 bits per heavy atom. The first-order valence-corrected chi connectivity index (χ1v) is 16.4. The minimum Gasteiger partial charge on any atom is -0.480 e. The van der Waals surface area contributed by atoms with Crippen molar-refractivity contribution in [1.82, 2.24) is 31.9 Å². The molecule has 0 fully saturated rings. The van der Waals surface area contributed by atoms with E-state index in [1.165, 1.54) is 6.92 Å². The van der Waals surface area contributed by atoms with Crippen LogP contribution < -0.4 is 60.6 Å². The van der Waals surface area contributed by atoms with Crippen LogP contribution in [0.3, 0.4) is 0 Å². The molecule has 0 bridgehead atoms. The van der Waals surface area contributed by atoms with Crippen molar-refractivity contribution in [2.24, 2.45) is 34.6 Å². The Balaban J connectivity index is 5.95. The Bertz CT molecular complexity index is 1130. The van der Waals surface area contributed by atoms with Gasteiger partial charge in [0.25, 0.3) is 0 Å². The molecule has 0 spiro atoms. The molecule has 21 heteroatoms. The predicted octanol–water partition coefficient (Wildman–Crippen LogP) is -6.88. The normalized spacial score (nSPS) is 16.0. The minimum atomic E-state index is -1.65. The zero-order valence-corrected chi connectivity index (χ0v) is 28.9. The van der Waals surface area contributed by atoms with Gasteiger partial charge in [-0.2, -0.15) is 0 Å². The lowest BCUT2D eigenvalue weighted by Crippen LogP contribution is -2.62. The molecule has 50 heavy (non-hydrogen) atoms. The molecule has 8 atom stereocenters. The van der Waals surface area contributed by atoms with Crippen LogP contribution in [-0.4, -0.2) is 138 Å². The highest BCUT2D eigenvalue weighted by Crippen LogP contribution is 2.08. The van der Waals surface area contributed by atoms with Gasteiger partial charge in [-0.15, -0.1) is 0 Å². The lowest BCUT2D eigenvalue weighted by molar-refractivity contribution is -0.143. The third-order valence-electron chi connectivity index (χ3n) is 7.28. The summed E-state index contributed by atoms with van der Waals surface area (Å²) in [6.07, 6.45) is -1.53. The molecular formula is C29H57N11O10. The highest BCUT2D eigenvalue weighted by molar-refractivity contribution is 5.97. The van der Waals surface area contributed by atoms with Crippen molar-refractivity contribution in [2.45, 2.75) is 101 Å². The van der Waals surface area contributed by atoms with Crippen molar-refractivity contribution in [1.29, 1.82) is 0 Å². The molecule has 0 aliphatic rings. The number of carboxylic acids is 1.